The van der Waals surface area contributed by atoms with Crippen LogP contribution in [-0.2, 0) is 16.0 Å². The number of carbonyl (C=O) groups excluding carboxylic acids is 2. The van der Waals surface area contributed by atoms with E-state index in [1.54, 1.807) is 13.8 Å². The molecule has 0 bridgehead atoms. The summed E-state index contributed by atoms with van der Waals surface area (Å²) in [4.78, 5) is 24.9. The molecule has 0 aliphatic heterocycles. The fourth-order valence-electron chi connectivity index (χ4n) is 1.83. The number of carbonyl (C=O) groups is 2. The molecule has 1 aromatic rings. The fourth-order valence-corrected chi connectivity index (χ4v) is 1.83. The van der Waals surface area contributed by atoms with Gasteiger partial charge in [0.15, 0.2) is 6.19 Å². The Morgan fingerprint density at radius 2 is 2.00 bits per heavy atom. The van der Waals surface area contributed by atoms with Crippen molar-refractivity contribution in [2.45, 2.75) is 26.3 Å². The monoisotopic (exact) mass is 289 g/mol. The largest absolute Gasteiger partial charge is 0.450 e. The minimum absolute atomic E-state index is 0.216. The fraction of sp³-hybridized carbons (Fsp3) is 0.400. The number of nitrogens with zero attached hydrogens (tertiary/aromatic N) is 2. The number of ether oxygens (including phenoxy) is 1. The van der Waals surface area contributed by atoms with Crippen LogP contribution in [0.5, 0.6) is 0 Å². The molecule has 112 valence electrons. The van der Waals surface area contributed by atoms with Gasteiger partial charge in [0.1, 0.15) is 6.04 Å². The second kappa shape index (κ2) is 8.59. The Hall–Kier alpha value is -2.55. The van der Waals surface area contributed by atoms with E-state index in [0.717, 1.165) is 10.5 Å². The van der Waals surface area contributed by atoms with Crippen molar-refractivity contribution in [3.8, 4) is 6.19 Å². The summed E-state index contributed by atoms with van der Waals surface area (Å²) in [6, 6.07) is 8.45. The maximum atomic E-state index is 12.3. The first-order valence-electron chi connectivity index (χ1n) is 6.80. The Bertz CT molecular complexity index is 511. The van der Waals surface area contributed by atoms with E-state index >= 15 is 0 Å². The van der Waals surface area contributed by atoms with E-state index < -0.39 is 18.0 Å². The van der Waals surface area contributed by atoms with E-state index in [4.69, 9.17) is 10.00 Å². The predicted molar refractivity (Wildman–Crippen MR) is 77.1 cm³/mol. The van der Waals surface area contributed by atoms with Crippen LogP contribution in [0, 0.1) is 11.5 Å². The molecule has 1 rings (SSSR count). The van der Waals surface area contributed by atoms with Crippen LogP contribution >= 0.6 is 0 Å². The molecule has 0 aromatic heterocycles. The zero-order valence-corrected chi connectivity index (χ0v) is 12.2. The highest BCUT2D eigenvalue weighted by Gasteiger charge is 2.26. The number of rotatable bonds is 6. The lowest BCUT2D eigenvalue weighted by atomic mass is 10.1. The third-order valence-electron chi connectivity index (χ3n) is 2.85. The van der Waals surface area contributed by atoms with Crippen LogP contribution in [0.4, 0.5) is 4.79 Å². The number of hydrogen-bond donors (Lipinski definition) is 1. The van der Waals surface area contributed by atoms with Gasteiger partial charge in [-0.3, -0.25) is 4.79 Å². The van der Waals surface area contributed by atoms with Gasteiger partial charge in [-0.05, 0) is 19.4 Å². The molecule has 0 spiro atoms. The summed E-state index contributed by atoms with van der Waals surface area (Å²) in [5.74, 6) is -0.447. The maximum absolute atomic E-state index is 12.3. The lowest BCUT2D eigenvalue weighted by molar-refractivity contribution is -0.130. The normalized spacial score (nSPS) is 11.1. The second-order valence-corrected chi connectivity index (χ2v) is 4.29. The van der Waals surface area contributed by atoms with Crippen molar-refractivity contribution >= 4 is 12.0 Å². The molecule has 1 aromatic carbocycles. The molecule has 0 saturated heterocycles. The number of nitrogens with one attached hydrogen (secondary N) is 1. The van der Waals surface area contributed by atoms with Crippen molar-refractivity contribution in [1.29, 1.82) is 5.26 Å². The standard InChI is InChI=1S/C15H19N3O3/c1-3-18(11-16)14(19)13(17-15(20)21-4-2)10-12-8-6-5-7-9-12/h5-9,13H,3-4,10H2,1-2H3,(H,17,20). The molecule has 21 heavy (non-hydrogen) atoms. The van der Waals surface area contributed by atoms with Gasteiger partial charge in [-0.25, -0.2) is 9.69 Å². The van der Waals surface area contributed by atoms with Gasteiger partial charge in [-0.15, -0.1) is 0 Å². The molecule has 6 heteroatoms. The van der Waals surface area contributed by atoms with Gasteiger partial charge < -0.3 is 10.1 Å². The minimum atomic E-state index is -0.828. The molecule has 0 radical (unpaired) electrons. The number of amides is 2. The van der Waals surface area contributed by atoms with Gasteiger partial charge in [0.25, 0.3) is 5.91 Å². The van der Waals surface area contributed by atoms with Crippen LogP contribution in [-0.4, -0.2) is 36.1 Å². The molecule has 1 atom stereocenters. The number of likely N-dealkylation sites (N-methyl/N-ethyl adjacent to an activating group) is 1. The Balaban J connectivity index is 2.86. The van der Waals surface area contributed by atoms with Crippen LogP contribution in [0.3, 0.4) is 0 Å². The van der Waals surface area contributed by atoms with Crippen molar-refractivity contribution in [1.82, 2.24) is 10.2 Å². The Morgan fingerprint density at radius 3 is 2.52 bits per heavy atom. The van der Waals surface area contributed by atoms with Crippen molar-refractivity contribution in [2.24, 2.45) is 0 Å². The molecular formula is C15H19N3O3. The van der Waals surface area contributed by atoms with Crippen molar-refractivity contribution in [3.63, 3.8) is 0 Å². The number of alkyl carbamates (subject to hydrolysis) is 1. The maximum Gasteiger partial charge on any atom is 0.407 e. The number of benzene rings is 1. The summed E-state index contributed by atoms with van der Waals surface area (Å²) in [6.07, 6.45) is 1.45. The van der Waals surface area contributed by atoms with E-state index in [-0.39, 0.29) is 13.2 Å². The molecule has 0 fully saturated rings. The lowest BCUT2D eigenvalue weighted by Crippen LogP contribution is -2.48. The van der Waals surface area contributed by atoms with E-state index in [9.17, 15) is 9.59 Å². The van der Waals surface area contributed by atoms with E-state index in [1.807, 2.05) is 36.5 Å². The topological polar surface area (TPSA) is 82.4 Å². The van der Waals surface area contributed by atoms with Crippen LogP contribution in [0.1, 0.15) is 19.4 Å². The zero-order valence-electron chi connectivity index (χ0n) is 12.2. The number of nitriles is 1. The molecule has 0 heterocycles. The molecule has 1 N–H and O–H groups in total. The minimum Gasteiger partial charge on any atom is -0.450 e. The van der Waals surface area contributed by atoms with Crippen molar-refractivity contribution in [3.05, 3.63) is 35.9 Å². The molecule has 0 aliphatic rings. The summed E-state index contributed by atoms with van der Waals surface area (Å²) in [5.41, 5.74) is 0.890. The lowest BCUT2D eigenvalue weighted by Gasteiger charge is -2.21. The van der Waals surface area contributed by atoms with Crippen molar-refractivity contribution < 1.29 is 14.3 Å². The SMILES string of the molecule is CCOC(=O)NC(Cc1ccccc1)C(=O)N(C#N)CC. The van der Waals surface area contributed by atoms with Gasteiger partial charge >= 0.3 is 6.09 Å². The van der Waals surface area contributed by atoms with Gasteiger partial charge in [0.2, 0.25) is 0 Å². The zero-order chi connectivity index (χ0) is 15.7. The first-order chi connectivity index (χ1) is 10.1. The summed E-state index contributed by atoms with van der Waals surface area (Å²) in [5, 5.41) is 11.5. The van der Waals surface area contributed by atoms with Crippen molar-refractivity contribution in [2.75, 3.05) is 13.2 Å². The Morgan fingerprint density at radius 1 is 1.33 bits per heavy atom. The highest BCUT2D eigenvalue weighted by Crippen LogP contribution is 2.06. The summed E-state index contributed by atoms with van der Waals surface area (Å²) >= 11 is 0. The summed E-state index contributed by atoms with van der Waals surface area (Å²) in [7, 11) is 0. The van der Waals surface area contributed by atoms with Crippen LogP contribution in [0.25, 0.3) is 0 Å². The summed E-state index contributed by atoms with van der Waals surface area (Å²) < 4.78 is 4.80. The van der Waals surface area contributed by atoms with Crippen LogP contribution in [0.15, 0.2) is 30.3 Å². The summed E-state index contributed by atoms with van der Waals surface area (Å²) in [6.45, 7) is 3.85. The van der Waals surface area contributed by atoms with Gasteiger partial charge in [0.05, 0.1) is 6.61 Å². The van der Waals surface area contributed by atoms with Gasteiger partial charge in [-0.1, -0.05) is 30.3 Å². The highest BCUT2D eigenvalue weighted by molar-refractivity contribution is 5.87. The quantitative estimate of drug-likeness (QED) is 0.638. The Labute approximate surface area is 124 Å². The van der Waals surface area contributed by atoms with E-state index in [2.05, 4.69) is 5.32 Å². The molecule has 0 aliphatic carbocycles. The first kappa shape index (κ1) is 16.5. The third kappa shape index (κ3) is 5.15. The average molecular weight is 289 g/mol. The Kier molecular flexibility index (Phi) is 6.75. The van der Waals surface area contributed by atoms with Crippen LogP contribution < -0.4 is 5.32 Å². The third-order valence-corrected chi connectivity index (χ3v) is 2.85. The molecule has 2 amide bonds. The second-order valence-electron chi connectivity index (χ2n) is 4.29. The smallest absolute Gasteiger partial charge is 0.407 e. The van der Waals surface area contributed by atoms with Crippen LogP contribution in [0.2, 0.25) is 0 Å². The number of hydrogen-bond acceptors (Lipinski definition) is 4. The highest BCUT2D eigenvalue weighted by atomic mass is 16.5. The van der Waals surface area contributed by atoms with E-state index in [0.29, 0.717) is 6.42 Å². The molecular weight excluding hydrogens is 270 g/mol. The van der Waals surface area contributed by atoms with Gasteiger partial charge in [-0.2, -0.15) is 5.26 Å². The molecule has 1 unspecified atom stereocenters. The predicted octanol–water partition coefficient (Wildman–Crippen LogP) is 1.67. The molecule has 0 saturated carbocycles. The van der Waals surface area contributed by atoms with Gasteiger partial charge in [0, 0.05) is 13.0 Å². The first-order valence-corrected chi connectivity index (χ1v) is 6.80. The molecule has 6 nitrogen and oxygen atoms in total. The van der Waals surface area contributed by atoms with E-state index in [1.165, 1.54) is 0 Å². The average Bonchev–Trinajstić information content (AvgIpc) is 2.49.